The Bertz CT molecular complexity index is 675. The van der Waals surface area contributed by atoms with Gasteiger partial charge in [-0.15, -0.1) is 0 Å². The number of Topliss-reactive ketones (excluding diaryl/α,β-unsaturated/α-hetero) is 1. The van der Waals surface area contributed by atoms with Crippen molar-refractivity contribution in [3.8, 4) is 0 Å². The molecule has 0 radical (unpaired) electrons. The number of aromatic nitrogens is 2. The van der Waals surface area contributed by atoms with Crippen LogP contribution < -0.4 is 0 Å². The van der Waals surface area contributed by atoms with Crippen LogP contribution >= 0.6 is 0 Å². The van der Waals surface area contributed by atoms with Crippen LogP contribution in [0.25, 0.3) is 12.2 Å². The van der Waals surface area contributed by atoms with E-state index < -0.39 is 0 Å². The summed E-state index contributed by atoms with van der Waals surface area (Å²) in [5.74, 6) is 0.190. The van der Waals surface area contributed by atoms with Gasteiger partial charge in [0.25, 0.3) is 0 Å². The van der Waals surface area contributed by atoms with Gasteiger partial charge < -0.3 is 9.97 Å². The molecule has 2 N–H and O–H groups in total. The molecular weight excluding hydrogens is 274 g/mol. The van der Waals surface area contributed by atoms with Crippen LogP contribution in [0, 0.1) is 0 Å². The number of nitrogens with one attached hydrogen (secondary N) is 2. The van der Waals surface area contributed by atoms with E-state index in [9.17, 15) is 4.79 Å². The molecular formula is C18H19N3O. The maximum absolute atomic E-state index is 13.0. The van der Waals surface area contributed by atoms with E-state index in [1.165, 1.54) is 0 Å². The fourth-order valence-electron chi connectivity index (χ4n) is 3.69. The molecule has 4 rings (SSSR count). The Morgan fingerprint density at radius 2 is 1.50 bits per heavy atom. The first-order valence-electron chi connectivity index (χ1n) is 7.70. The van der Waals surface area contributed by atoms with Gasteiger partial charge in [0.05, 0.1) is 0 Å². The summed E-state index contributed by atoms with van der Waals surface area (Å²) in [5, 5.41) is 0. The minimum absolute atomic E-state index is 0.190. The Kier molecular flexibility index (Phi) is 3.12. The Morgan fingerprint density at radius 3 is 1.91 bits per heavy atom. The second kappa shape index (κ2) is 5.14. The summed E-state index contributed by atoms with van der Waals surface area (Å²) in [6, 6.07) is 8.38. The average Bonchev–Trinajstić information content (AvgIpc) is 3.22. The van der Waals surface area contributed by atoms with Crippen LogP contribution in [-0.2, 0) is 4.79 Å². The van der Waals surface area contributed by atoms with Crippen molar-refractivity contribution in [2.24, 2.45) is 0 Å². The van der Waals surface area contributed by atoms with Gasteiger partial charge >= 0.3 is 0 Å². The first-order valence-corrected chi connectivity index (χ1v) is 7.70. The molecule has 2 atom stereocenters. The zero-order valence-electron chi connectivity index (χ0n) is 12.5. The molecule has 2 aromatic rings. The molecule has 0 saturated carbocycles. The quantitative estimate of drug-likeness (QED) is 0.837. The van der Waals surface area contributed by atoms with E-state index in [1.807, 2.05) is 48.8 Å². The van der Waals surface area contributed by atoms with Crippen molar-refractivity contribution in [2.75, 3.05) is 7.05 Å². The van der Waals surface area contributed by atoms with E-state index in [0.29, 0.717) is 0 Å². The summed E-state index contributed by atoms with van der Waals surface area (Å²) in [6.07, 6.45) is 9.87. The molecule has 0 aliphatic carbocycles. The highest BCUT2D eigenvalue weighted by Gasteiger charge is 2.44. The first-order chi connectivity index (χ1) is 10.7. The van der Waals surface area contributed by atoms with Crippen LogP contribution in [0.15, 0.2) is 47.8 Å². The van der Waals surface area contributed by atoms with E-state index in [1.54, 1.807) is 0 Å². The number of nitrogens with zero attached hydrogens (tertiary/aromatic N) is 1. The summed E-state index contributed by atoms with van der Waals surface area (Å²) in [7, 11) is 2.12. The second-order valence-electron chi connectivity index (χ2n) is 6.05. The number of hydrogen-bond acceptors (Lipinski definition) is 2. The standard InChI is InChI=1S/C18H19N3O/c1-21-16-6-7-17(21)15(11-13-5-3-9-20-13)18(22)14(16)10-12-4-2-8-19-12/h2-5,8-11,16-17,19-20H,6-7H2,1H3/b14-10-,15-11?/t16-,17+/m0/s1. The monoisotopic (exact) mass is 293 g/mol. The molecule has 2 aliphatic heterocycles. The normalized spacial score (nSPS) is 28.9. The van der Waals surface area contributed by atoms with Gasteiger partial charge in [0.1, 0.15) is 0 Å². The molecule has 4 heteroatoms. The predicted octanol–water partition coefficient (Wildman–Crippen LogP) is 2.86. The van der Waals surface area contributed by atoms with Crippen molar-refractivity contribution in [1.29, 1.82) is 0 Å². The molecule has 2 saturated heterocycles. The number of hydrogen-bond donors (Lipinski definition) is 2. The van der Waals surface area contributed by atoms with Crippen molar-refractivity contribution in [3.63, 3.8) is 0 Å². The van der Waals surface area contributed by atoms with Gasteiger partial charge in [-0.2, -0.15) is 0 Å². The molecule has 22 heavy (non-hydrogen) atoms. The van der Waals surface area contributed by atoms with E-state index in [-0.39, 0.29) is 17.9 Å². The molecule has 0 unspecified atom stereocenters. The van der Waals surface area contributed by atoms with Gasteiger partial charge in [-0.3, -0.25) is 9.69 Å². The van der Waals surface area contributed by atoms with Crippen molar-refractivity contribution >= 4 is 17.9 Å². The molecule has 0 amide bonds. The Morgan fingerprint density at radius 1 is 1.00 bits per heavy atom. The Hall–Kier alpha value is -2.33. The third-order valence-electron chi connectivity index (χ3n) is 4.81. The number of fused-ring (bicyclic) bond motifs is 2. The molecule has 2 aliphatic rings. The molecule has 2 bridgehead atoms. The van der Waals surface area contributed by atoms with Gasteiger partial charge in [-0.25, -0.2) is 0 Å². The van der Waals surface area contributed by atoms with E-state index >= 15 is 0 Å². The molecule has 112 valence electrons. The van der Waals surface area contributed by atoms with Gasteiger partial charge in [0.2, 0.25) is 0 Å². The highest BCUT2D eigenvalue weighted by atomic mass is 16.1. The lowest BCUT2D eigenvalue weighted by Gasteiger charge is -2.34. The van der Waals surface area contributed by atoms with Crippen molar-refractivity contribution in [3.05, 3.63) is 59.2 Å². The fraction of sp³-hybridized carbons (Fsp3) is 0.278. The minimum Gasteiger partial charge on any atom is -0.362 e. The summed E-state index contributed by atoms with van der Waals surface area (Å²) in [6.45, 7) is 0. The summed E-state index contributed by atoms with van der Waals surface area (Å²) >= 11 is 0. The summed E-state index contributed by atoms with van der Waals surface area (Å²) in [4.78, 5) is 21.7. The zero-order chi connectivity index (χ0) is 15.1. The van der Waals surface area contributed by atoms with Crippen LogP contribution in [0.2, 0.25) is 0 Å². The number of H-pyrrole nitrogens is 2. The summed E-state index contributed by atoms with van der Waals surface area (Å²) < 4.78 is 0. The Balaban J connectivity index is 1.79. The van der Waals surface area contributed by atoms with Crippen LogP contribution in [0.1, 0.15) is 24.2 Å². The SMILES string of the molecule is CN1[C@@H]2CC[C@H]1/C(=C/c1ccc[nH]1)C(=O)C2=Cc1ccc[nH]1. The van der Waals surface area contributed by atoms with Crippen LogP contribution in [-0.4, -0.2) is 39.8 Å². The number of ketones is 1. The number of likely N-dealkylation sites (N-methyl/N-ethyl adjacent to an activating group) is 1. The highest BCUT2D eigenvalue weighted by molar-refractivity contribution is 6.16. The van der Waals surface area contributed by atoms with Crippen molar-refractivity contribution in [1.82, 2.24) is 14.9 Å². The number of carbonyl (C=O) groups is 1. The number of aromatic amines is 2. The average molecular weight is 293 g/mol. The lowest BCUT2D eigenvalue weighted by molar-refractivity contribution is -0.114. The van der Waals surface area contributed by atoms with Crippen LogP contribution in [0.4, 0.5) is 0 Å². The van der Waals surface area contributed by atoms with E-state index in [4.69, 9.17) is 0 Å². The van der Waals surface area contributed by atoms with Gasteiger partial charge in [0, 0.05) is 47.0 Å². The van der Waals surface area contributed by atoms with Crippen LogP contribution in [0.5, 0.6) is 0 Å². The largest absolute Gasteiger partial charge is 0.362 e. The number of carbonyl (C=O) groups excluding carboxylic acids is 1. The predicted molar refractivity (Wildman–Crippen MR) is 87.1 cm³/mol. The molecule has 2 fully saturated rings. The fourth-order valence-corrected chi connectivity index (χ4v) is 3.69. The molecule has 4 nitrogen and oxygen atoms in total. The van der Waals surface area contributed by atoms with Crippen molar-refractivity contribution < 1.29 is 4.79 Å². The van der Waals surface area contributed by atoms with Gasteiger partial charge in [0.15, 0.2) is 5.78 Å². The minimum atomic E-state index is 0.190. The van der Waals surface area contributed by atoms with E-state index in [0.717, 1.165) is 35.4 Å². The zero-order valence-corrected chi connectivity index (χ0v) is 12.5. The maximum Gasteiger partial charge on any atom is 0.188 e. The lowest BCUT2D eigenvalue weighted by atomic mass is 9.89. The first kappa shape index (κ1) is 13.3. The second-order valence-corrected chi connectivity index (χ2v) is 6.05. The van der Waals surface area contributed by atoms with Crippen molar-refractivity contribution in [2.45, 2.75) is 24.9 Å². The number of piperidine rings is 1. The molecule has 0 spiro atoms. The topological polar surface area (TPSA) is 51.9 Å². The summed E-state index contributed by atoms with van der Waals surface area (Å²) in [5.41, 5.74) is 3.77. The third-order valence-corrected chi connectivity index (χ3v) is 4.81. The van der Waals surface area contributed by atoms with E-state index in [2.05, 4.69) is 21.9 Å². The van der Waals surface area contributed by atoms with Gasteiger partial charge in [-0.05, 0) is 56.3 Å². The van der Waals surface area contributed by atoms with Crippen LogP contribution in [0.3, 0.4) is 0 Å². The maximum atomic E-state index is 13.0. The number of rotatable bonds is 2. The Labute approximate surface area is 129 Å². The molecule has 0 aromatic carbocycles. The molecule has 2 aromatic heterocycles. The highest BCUT2D eigenvalue weighted by Crippen LogP contribution is 2.40. The smallest absolute Gasteiger partial charge is 0.188 e. The third kappa shape index (κ3) is 2.07. The lowest BCUT2D eigenvalue weighted by Crippen LogP contribution is -2.43. The van der Waals surface area contributed by atoms with Gasteiger partial charge in [-0.1, -0.05) is 0 Å². The molecule has 4 heterocycles.